The first-order valence-corrected chi connectivity index (χ1v) is 5.79. The van der Waals surface area contributed by atoms with E-state index in [1.54, 1.807) is 0 Å². The Kier molecular flexibility index (Phi) is 3.75. The largest absolute Gasteiger partial charge is 0.309 e. The lowest BCUT2D eigenvalue weighted by molar-refractivity contribution is -0.121. The van der Waals surface area contributed by atoms with Crippen LogP contribution in [0.4, 0.5) is 23.2 Å². The van der Waals surface area contributed by atoms with Crippen LogP contribution in [0.3, 0.4) is 0 Å². The van der Waals surface area contributed by atoms with E-state index in [4.69, 9.17) is 0 Å². The van der Waals surface area contributed by atoms with Crippen LogP contribution in [0.25, 0.3) is 0 Å². The number of hydrogen-bond donors (Lipinski definition) is 1. The van der Waals surface area contributed by atoms with Crippen molar-refractivity contribution in [1.29, 1.82) is 0 Å². The van der Waals surface area contributed by atoms with Crippen molar-refractivity contribution in [3.8, 4) is 0 Å². The number of rotatable bonds is 2. The van der Waals surface area contributed by atoms with E-state index in [0.717, 1.165) is 4.90 Å². The molecule has 0 saturated carbocycles. The van der Waals surface area contributed by atoms with Crippen molar-refractivity contribution in [2.24, 2.45) is 0 Å². The van der Waals surface area contributed by atoms with E-state index in [1.165, 1.54) is 7.05 Å². The lowest BCUT2D eigenvalue weighted by atomic mass is 10.0. The van der Waals surface area contributed by atoms with Gasteiger partial charge in [0.2, 0.25) is 5.91 Å². The molecule has 0 aliphatic carbocycles. The molecule has 1 unspecified atom stereocenters. The molecule has 0 bridgehead atoms. The van der Waals surface area contributed by atoms with E-state index in [1.807, 2.05) is 0 Å². The van der Waals surface area contributed by atoms with Crippen molar-refractivity contribution in [3.63, 3.8) is 0 Å². The molecule has 104 valence electrons. The molecular formula is C12H12F4N2O. The molecule has 1 N–H and O–H groups in total. The molecular weight excluding hydrogens is 264 g/mol. The second-order valence-corrected chi connectivity index (χ2v) is 4.29. The Labute approximate surface area is 107 Å². The molecule has 1 saturated heterocycles. The second kappa shape index (κ2) is 5.16. The first-order chi connectivity index (χ1) is 8.97. The van der Waals surface area contributed by atoms with Gasteiger partial charge in [0, 0.05) is 12.6 Å². The summed E-state index contributed by atoms with van der Waals surface area (Å²) < 4.78 is 53.6. The summed E-state index contributed by atoms with van der Waals surface area (Å²) >= 11 is 0. The minimum Gasteiger partial charge on any atom is -0.309 e. The predicted octanol–water partition coefficient (Wildman–Crippen LogP) is 1.96. The minimum atomic E-state index is -1.55. The van der Waals surface area contributed by atoms with Crippen LogP contribution in [0.15, 0.2) is 6.07 Å². The van der Waals surface area contributed by atoms with Crippen LogP contribution in [-0.4, -0.2) is 25.5 Å². The van der Waals surface area contributed by atoms with Crippen molar-refractivity contribution < 1.29 is 22.4 Å². The third kappa shape index (κ3) is 2.30. The number of carbonyl (C=O) groups excluding carboxylic acids is 1. The quantitative estimate of drug-likeness (QED) is 0.661. The number of piperidine rings is 1. The van der Waals surface area contributed by atoms with Gasteiger partial charge in [0.1, 0.15) is 5.69 Å². The highest BCUT2D eigenvalue weighted by Crippen LogP contribution is 2.30. The summed E-state index contributed by atoms with van der Waals surface area (Å²) in [6, 6.07) is -0.489. The Balaban J connectivity index is 2.49. The number of hydrogen-bond acceptors (Lipinski definition) is 2. The predicted molar refractivity (Wildman–Crippen MR) is 60.7 cm³/mol. The van der Waals surface area contributed by atoms with Crippen molar-refractivity contribution in [3.05, 3.63) is 29.3 Å². The van der Waals surface area contributed by atoms with Gasteiger partial charge in [-0.05, 0) is 19.9 Å². The highest BCUT2D eigenvalue weighted by Gasteiger charge is 2.33. The summed E-state index contributed by atoms with van der Waals surface area (Å²) in [5, 5.41) is 2.70. The van der Waals surface area contributed by atoms with E-state index in [-0.39, 0.29) is 12.6 Å². The first kappa shape index (κ1) is 13.8. The molecule has 7 heteroatoms. The van der Waals surface area contributed by atoms with Gasteiger partial charge in [-0.25, -0.2) is 17.6 Å². The fourth-order valence-corrected chi connectivity index (χ4v) is 2.16. The van der Waals surface area contributed by atoms with E-state index in [9.17, 15) is 22.4 Å². The molecule has 2 rings (SSSR count). The third-order valence-electron chi connectivity index (χ3n) is 3.15. The topological polar surface area (TPSA) is 32.3 Å². The maximum Gasteiger partial charge on any atom is 0.244 e. The Hall–Kier alpha value is -1.63. The molecule has 1 aromatic carbocycles. The summed E-state index contributed by atoms with van der Waals surface area (Å²) in [7, 11) is 1.53. The van der Waals surface area contributed by atoms with Crippen LogP contribution in [0, 0.1) is 23.3 Å². The highest BCUT2D eigenvalue weighted by atomic mass is 19.2. The second-order valence-electron chi connectivity index (χ2n) is 4.29. The summed E-state index contributed by atoms with van der Waals surface area (Å²) in [4.78, 5) is 12.7. The van der Waals surface area contributed by atoms with Gasteiger partial charge in [-0.15, -0.1) is 0 Å². The van der Waals surface area contributed by atoms with Gasteiger partial charge in [0.25, 0.3) is 0 Å². The maximum atomic E-state index is 13.6. The molecule has 3 nitrogen and oxygen atoms in total. The molecule has 1 aliphatic rings. The molecule has 1 aromatic rings. The molecule has 1 heterocycles. The average molecular weight is 276 g/mol. The van der Waals surface area contributed by atoms with Crippen LogP contribution >= 0.6 is 0 Å². The van der Waals surface area contributed by atoms with Crippen molar-refractivity contribution >= 4 is 11.6 Å². The summed E-state index contributed by atoms with van der Waals surface area (Å²) in [5.41, 5.74) is -0.956. The number of nitrogens with one attached hydrogen (secondary N) is 1. The van der Waals surface area contributed by atoms with Gasteiger partial charge in [-0.3, -0.25) is 4.79 Å². The zero-order valence-corrected chi connectivity index (χ0v) is 10.1. The lowest BCUT2D eigenvalue weighted by Crippen LogP contribution is -2.50. The van der Waals surface area contributed by atoms with Crippen LogP contribution < -0.4 is 10.2 Å². The zero-order valence-electron chi connectivity index (χ0n) is 10.1. The van der Waals surface area contributed by atoms with Gasteiger partial charge >= 0.3 is 0 Å². The molecule has 1 atom stereocenters. The average Bonchev–Trinajstić information content (AvgIpc) is 2.38. The smallest absolute Gasteiger partial charge is 0.244 e. The molecule has 1 amide bonds. The normalized spacial score (nSPS) is 19.9. The fraction of sp³-hybridized carbons (Fsp3) is 0.417. The Morgan fingerprint density at radius 3 is 2.32 bits per heavy atom. The number of nitrogens with zero attached hydrogens (tertiary/aromatic N) is 1. The molecule has 0 radical (unpaired) electrons. The van der Waals surface area contributed by atoms with Gasteiger partial charge in [0.15, 0.2) is 23.3 Å². The van der Waals surface area contributed by atoms with Crippen LogP contribution in [-0.2, 0) is 4.79 Å². The van der Waals surface area contributed by atoms with E-state index >= 15 is 0 Å². The highest BCUT2D eigenvalue weighted by molar-refractivity contribution is 5.98. The van der Waals surface area contributed by atoms with Gasteiger partial charge < -0.3 is 10.2 Å². The third-order valence-corrected chi connectivity index (χ3v) is 3.15. The number of amides is 1. The number of anilines is 1. The summed E-state index contributed by atoms with van der Waals surface area (Å²) in [5.74, 6) is -6.74. The van der Waals surface area contributed by atoms with Gasteiger partial charge in [-0.2, -0.15) is 0 Å². The van der Waals surface area contributed by atoms with Crippen LogP contribution in [0.2, 0.25) is 0 Å². The molecule has 1 aliphatic heterocycles. The maximum absolute atomic E-state index is 13.6. The summed E-state index contributed by atoms with van der Waals surface area (Å²) in [6.45, 7) is 0.0216. The molecule has 1 fully saturated rings. The van der Waals surface area contributed by atoms with Gasteiger partial charge in [0.05, 0.1) is 6.04 Å². The minimum absolute atomic E-state index is 0.0216. The fourth-order valence-electron chi connectivity index (χ4n) is 2.16. The van der Waals surface area contributed by atoms with Crippen molar-refractivity contribution in [2.75, 3.05) is 18.5 Å². The number of benzene rings is 1. The number of carbonyl (C=O) groups is 1. The van der Waals surface area contributed by atoms with Crippen molar-refractivity contribution in [1.82, 2.24) is 5.32 Å². The number of likely N-dealkylation sites (N-methyl/N-ethyl adjacent to an activating group) is 1. The Morgan fingerprint density at radius 2 is 1.79 bits per heavy atom. The molecule has 0 spiro atoms. The Bertz CT molecular complexity index is 495. The Morgan fingerprint density at radius 1 is 1.21 bits per heavy atom. The summed E-state index contributed by atoms with van der Waals surface area (Å²) in [6.07, 6.45) is 0.987. The van der Waals surface area contributed by atoms with Crippen LogP contribution in [0.5, 0.6) is 0 Å². The van der Waals surface area contributed by atoms with Gasteiger partial charge in [-0.1, -0.05) is 0 Å². The standard InChI is InChI=1S/C12H12F4N2O/c1-17-8-3-2-4-18(12(8)19)11-9(15)6(13)5-7(14)10(11)16/h5,8,17H,2-4H2,1H3. The SMILES string of the molecule is CNC1CCCN(c2c(F)c(F)cc(F)c2F)C1=O. The number of halogens is 4. The van der Waals surface area contributed by atoms with E-state index in [2.05, 4.69) is 5.32 Å². The lowest BCUT2D eigenvalue weighted by Gasteiger charge is -2.32. The van der Waals surface area contributed by atoms with E-state index < -0.39 is 40.9 Å². The van der Waals surface area contributed by atoms with Crippen LogP contribution in [0.1, 0.15) is 12.8 Å². The van der Waals surface area contributed by atoms with E-state index in [0.29, 0.717) is 12.8 Å². The molecule has 0 aromatic heterocycles. The molecule has 19 heavy (non-hydrogen) atoms. The first-order valence-electron chi connectivity index (χ1n) is 5.79. The monoisotopic (exact) mass is 276 g/mol. The zero-order chi connectivity index (χ0) is 14.2. The van der Waals surface area contributed by atoms with Crippen molar-refractivity contribution in [2.45, 2.75) is 18.9 Å².